The van der Waals surface area contributed by atoms with Crippen LogP contribution in [0.4, 0.5) is 11.4 Å². The molecule has 8 heteroatoms. The van der Waals surface area contributed by atoms with Crippen molar-refractivity contribution in [1.82, 2.24) is 10.3 Å². The average molecular weight is 467 g/mol. The lowest BCUT2D eigenvalue weighted by Crippen LogP contribution is -2.42. The Morgan fingerprint density at radius 1 is 1.06 bits per heavy atom. The highest BCUT2D eigenvalue weighted by molar-refractivity contribution is 5.92. The van der Waals surface area contributed by atoms with E-state index in [0.29, 0.717) is 12.1 Å². The van der Waals surface area contributed by atoms with Gasteiger partial charge in [0.25, 0.3) is 0 Å². The number of carboxylic acid groups (broad SMARTS) is 1. The fourth-order valence-electron chi connectivity index (χ4n) is 4.16. The number of unbranched alkanes of at least 4 members (excludes halogenated alkanes) is 2. The molecule has 8 nitrogen and oxygen atoms in total. The summed E-state index contributed by atoms with van der Waals surface area (Å²) in [5.41, 5.74) is 2.59. The third kappa shape index (κ3) is 7.57. The lowest BCUT2D eigenvalue weighted by atomic mass is 9.95. The van der Waals surface area contributed by atoms with Gasteiger partial charge in [-0.15, -0.1) is 0 Å². The highest BCUT2D eigenvalue weighted by Crippen LogP contribution is 2.24. The van der Waals surface area contributed by atoms with Crippen molar-refractivity contribution in [2.24, 2.45) is 5.92 Å². The van der Waals surface area contributed by atoms with E-state index in [0.717, 1.165) is 56.4 Å². The van der Waals surface area contributed by atoms with Crippen LogP contribution in [0.25, 0.3) is 0 Å². The van der Waals surface area contributed by atoms with Gasteiger partial charge in [-0.25, -0.2) is 4.79 Å². The van der Waals surface area contributed by atoms with Crippen LogP contribution in [0, 0.1) is 5.92 Å². The fraction of sp³-hybridized carbons (Fsp3) is 0.462. The SMILES string of the molecule is CCCCCC(=O)NC(Cc1ccc(NC(=O)C2CCN(c3ccncc3)CC2)cc1)C(=O)O. The van der Waals surface area contributed by atoms with Crippen molar-refractivity contribution in [3.8, 4) is 0 Å². The van der Waals surface area contributed by atoms with Crippen molar-refractivity contribution >= 4 is 29.2 Å². The molecule has 34 heavy (non-hydrogen) atoms. The monoisotopic (exact) mass is 466 g/mol. The molecule has 1 saturated heterocycles. The molecule has 3 rings (SSSR count). The quantitative estimate of drug-likeness (QED) is 0.436. The molecule has 182 valence electrons. The lowest BCUT2D eigenvalue weighted by Gasteiger charge is -2.32. The predicted octanol–water partition coefficient (Wildman–Crippen LogP) is 3.63. The maximum Gasteiger partial charge on any atom is 0.326 e. The number of aromatic nitrogens is 1. The summed E-state index contributed by atoms with van der Waals surface area (Å²) in [4.78, 5) is 42.7. The molecule has 0 radical (unpaired) electrons. The summed E-state index contributed by atoms with van der Waals surface area (Å²) in [5.74, 6) is -1.33. The number of amides is 2. The van der Waals surface area contributed by atoms with Gasteiger partial charge >= 0.3 is 5.97 Å². The van der Waals surface area contributed by atoms with Crippen molar-refractivity contribution < 1.29 is 19.5 Å². The molecule has 1 aromatic carbocycles. The number of hydrogen-bond acceptors (Lipinski definition) is 5. The van der Waals surface area contributed by atoms with Crippen LogP contribution in [0.1, 0.15) is 51.0 Å². The Morgan fingerprint density at radius 2 is 1.74 bits per heavy atom. The average Bonchev–Trinajstić information content (AvgIpc) is 2.85. The molecule has 1 aromatic heterocycles. The van der Waals surface area contributed by atoms with E-state index in [9.17, 15) is 19.5 Å². The van der Waals surface area contributed by atoms with Crippen LogP contribution in [-0.4, -0.2) is 47.0 Å². The van der Waals surface area contributed by atoms with Gasteiger partial charge < -0.3 is 20.6 Å². The van der Waals surface area contributed by atoms with Crippen molar-refractivity contribution in [3.63, 3.8) is 0 Å². The molecular weight excluding hydrogens is 432 g/mol. The zero-order valence-corrected chi connectivity index (χ0v) is 19.7. The maximum atomic E-state index is 12.7. The number of pyridine rings is 1. The molecule has 0 aliphatic carbocycles. The van der Waals surface area contributed by atoms with E-state index in [1.165, 1.54) is 0 Å². The van der Waals surface area contributed by atoms with Gasteiger partial charge in [0.05, 0.1) is 0 Å². The van der Waals surface area contributed by atoms with Crippen LogP contribution in [0.2, 0.25) is 0 Å². The van der Waals surface area contributed by atoms with Gasteiger partial charge in [-0.05, 0) is 49.1 Å². The molecule has 0 bridgehead atoms. The molecule has 2 aromatic rings. The van der Waals surface area contributed by atoms with E-state index in [1.807, 2.05) is 12.1 Å². The van der Waals surface area contributed by atoms with E-state index >= 15 is 0 Å². The zero-order valence-electron chi connectivity index (χ0n) is 19.7. The van der Waals surface area contributed by atoms with Crippen molar-refractivity contribution in [2.75, 3.05) is 23.3 Å². The van der Waals surface area contributed by atoms with Gasteiger partial charge in [-0.2, -0.15) is 0 Å². The molecule has 1 atom stereocenters. The Kier molecular flexibility index (Phi) is 9.43. The first-order valence-electron chi connectivity index (χ1n) is 12.0. The van der Waals surface area contributed by atoms with Gasteiger partial charge in [-0.3, -0.25) is 14.6 Å². The zero-order chi connectivity index (χ0) is 24.3. The highest BCUT2D eigenvalue weighted by Gasteiger charge is 2.25. The minimum atomic E-state index is -1.06. The number of carboxylic acids is 1. The van der Waals surface area contributed by atoms with Crippen LogP contribution in [0.15, 0.2) is 48.8 Å². The summed E-state index contributed by atoms with van der Waals surface area (Å²) in [6, 6.07) is 10.1. The summed E-state index contributed by atoms with van der Waals surface area (Å²) >= 11 is 0. The van der Waals surface area contributed by atoms with Crippen LogP contribution < -0.4 is 15.5 Å². The molecule has 1 fully saturated rings. The predicted molar refractivity (Wildman–Crippen MR) is 132 cm³/mol. The number of carbonyl (C=O) groups excluding carboxylic acids is 2. The first kappa shape index (κ1) is 25.2. The second-order valence-corrected chi connectivity index (χ2v) is 8.77. The Hall–Kier alpha value is -3.42. The number of anilines is 2. The Labute approximate surface area is 200 Å². The molecule has 0 spiro atoms. The minimum Gasteiger partial charge on any atom is -0.480 e. The smallest absolute Gasteiger partial charge is 0.326 e. The third-order valence-electron chi connectivity index (χ3n) is 6.20. The molecular formula is C26H34N4O4. The molecule has 2 heterocycles. The number of rotatable bonds is 11. The summed E-state index contributed by atoms with van der Waals surface area (Å²) in [6.07, 6.45) is 8.35. The van der Waals surface area contributed by atoms with Crippen molar-refractivity contribution in [2.45, 2.75) is 57.9 Å². The van der Waals surface area contributed by atoms with Gasteiger partial charge in [0.15, 0.2) is 0 Å². The second kappa shape index (κ2) is 12.7. The molecule has 3 N–H and O–H groups in total. The number of nitrogens with zero attached hydrogens (tertiary/aromatic N) is 2. The Balaban J connectivity index is 1.47. The van der Waals surface area contributed by atoms with Crippen LogP contribution in [0.3, 0.4) is 0 Å². The van der Waals surface area contributed by atoms with Gasteiger partial charge in [0.1, 0.15) is 6.04 Å². The van der Waals surface area contributed by atoms with Crippen LogP contribution >= 0.6 is 0 Å². The van der Waals surface area contributed by atoms with E-state index in [2.05, 4.69) is 27.4 Å². The number of benzene rings is 1. The Morgan fingerprint density at radius 3 is 2.35 bits per heavy atom. The maximum absolute atomic E-state index is 12.7. The van der Waals surface area contributed by atoms with E-state index in [4.69, 9.17) is 0 Å². The lowest BCUT2D eigenvalue weighted by molar-refractivity contribution is -0.141. The highest BCUT2D eigenvalue weighted by atomic mass is 16.4. The van der Waals surface area contributed by atoms with Crippen molar-refractivity contribution in [3.05, 3.63) is 54.4 Å². The third-order valence-corrected chi connectivity index (χ3v) is 6.20. The standard InChI is InChI=1S/C26H34N4O4/c1-2-3-4-5-24(31)29-23(26(33)34)18-19-6-8-21(9-7-19)28-25(32)20-12-16-30(17-13-20)22-10-14-27-15-11-22/h6-11,14-15,20,23H,2-5,12-13,16-18H2,1H3,(H,28,32)(H,29,31)(H,33,34). The molecule has 1 unspecified atom stereocenters. The summed E-state index contributed by atoms with van der Waals surface area (Å²) in [7, 11) is 0. The van der Waals surface area contributed by atoms with Crippen LogP contribution in [-0.2, 0) is 20.8 Å². The number of hydrogen-bond donors (Lipinski definition) is 3. The van der Waals surface area contributed by atoms with Crippen molar-refractivity contribution in [1.29, 1.82) is 0 Å². The first-order valence-corrected chi connectivity index (χ1v) is 12.0. The number of carbonyl (C=O) groups is 3. The van der Waals surface area contributed by atoms with Gasteiger partial charge in [-0.1, -0.05) is 31.9 Å². The largest absolute Gasteiger partial charge is 0.480 e. The number of nitrogens with one attached hydrogen (secondary N) is 2. The minimum absolute atomic E-state index is 0.00452. The Bertz CT molecular complexity index is 941. The summed E-state index contributed by atoms with van der Waals surface area (Å²) < 4.78 is 0. The molecule has 1 aliphatic rings. The topological polar surface area (TPSA) is 112 Å². The van der Waals surface area contributed by atoms with Crippen LogP contribution in [0.5, 0.6) is 0 Å². The molecule has 0 saturated carbocycles. The van der Waals surface area contributed by atoms with Gasteiger partial charge in [0.2, 0.25) is 11.8 Å². The molecule has 1 aliphatic heterocycles. The molecule has 2 amide bonds. The summed E-state index contributed by atoms with van der Waals surface area (Å²) in [5, 5.41) is 15.1. The van der Waals surface area contributed by atoms with Gasteiger partial charge in [0, 0.05) is 55.6 Å². The van der Waals surface area contributed by atoms with E-state index < -0.39 is 12.0 Å². The second-order valence-electron chi connectivity index (χ2n) is 8.77. The number of piperidine rings is 1. The first-order chi connectivity index (χ1) is 16.5. The van der Waals surface area contributed by atoms with E-state index in [1.54, 1.807) is 36.7 Å². The number of aliphatic carboxylic acids is 1. The van der Waals surface area contributed by atoms with E-state index in [-0.39, 0.29) is 24.2 Å². The fourth-order valence-corrected chi connectivity index (χ4v) is 4.16. The normalized spacial score (nSPS) is 14.9. The summed E-state index contributed by atoms with van der Waals surface area (Å²) in [6.45, 7) is 3.69.